The van der Waals surface area contributed by atoms with Crippen LogP contribution < -0.4 is 4.90 Å². The standard InChI is InChI=1S/C18H22ClNO/c1-4-20-10-13(9-19)18-15-7-12(11(2)3)5-6-14(15)17(21)8-16(18)20/h5-8,11,13,21H,4,9-10H2,1-3H3/t13-/m1/s1. The van der Waals surface area contributed by atoms with Crippen molar-refractivity contribution in [3.63, 3.8) is 0 Å². The van der Waals surface area contributed by atoms with Crippen LogP contribution in [0.25, 0.3) is 10.8 Å². The Kier molecular flexibility index (Phi) is 3.75. The second-order valence-corrected chi connectivity index (χ2v) is 6.49. The van der Waals surface area contributed by atoms with E-state index in [1.807, 2.05) is 12.1 Å². The number of phenols is 1. The normalized spacial score (nSPS) is 17.8. The molecule has 0 fully saturated rings. The van der Waals surface area contributed by atoms with E-state index >= 15 is 0 Å². The first-order chi connectivity index (χ1) is 10.1. The second-order valence-electron chi connectivity index (χ2n) is 6.18. The van der Waals surface area contributed by atoms with E-state index in [1.54, 1.807) is 0 Å². The second kappa shape index (κ2) is 5.42. The smallest absolute Gasteiger partial charge is 0.125 e. The van der Waals surface area contributed by atoms with E-state index in [-0.39, 0.29) is 0 Å². The number of anilines is 1. The lowest BCUT2D eigenvalue weighted by molar-refractivity contribution is 0.481. The molecule has 1 N–H and O–H groups in total. The Morgan fingerprint density at radius 2 is 2.05 bits per heavy atom. The predicted molar refractivity (Wildman–Crippen MR) is 91.0 cm³/mol. The molecule has 0 radical (unpaired) electrons. The molecular weight excluding hydrogens is 282 g/mol. The van der Waals surface area contributed by atoms with Crippen molar-refractivity contribution in [2.75, 3.05) is 23.9 Å². The van der Waals surface area contributed by atoms with Gasteiger partial charge >= 0.3 is 0 Å². The highest BCUT2D eigenvalue weighted by atomic mass is 35.5. The van der Waals surface area contributed by atoms with E-state index in [0.29, 0.717) is 23.5 Å². The molecule has 21 heavy (non-hydrogen) atoms. The van der Waals surface area contributed by atoms with Crippen molar-refractivity contribution in [1.29, 1.82) is 0 Å². The molecule has 0 amide bonds. The molecule has 0 saturated carbocycles. The molecule has 0 spiro atoms. The Morgan fingerprint density at radius 3 is 2.67 bits per heavy atom. The van der Waals surface area contributed by atoms with Gasteiger partial charge in [0.05, 0.1) is 0 Å². The highest BCUT2D eigenvalue weighted by Gasteiger charge is 2.30. The van der Waals surface area contributed by atoms with Crippen molar-refractivity contribution in [2.24, 2.45) is 0 Å². The fraction of sp³-hybridized carbons (Fsp3) is 0.444. The van der Waals surface area contributed by atoms with Crippen LogP contribution in [0.5, 0.6) is 5.75 Å². The minimum absolute atomic E-state index is 0.340. The van der Waals surface area contributed by atoms with Crippen LogP contribution >= 0.6 is 11.6 Å². The van der Waals surface area contributed by atoms with Crippen LogP contribution in [-0.4, -0.2) is 24.1 Å². The van der Waals surface area contributed by atoms with Crippen molar-refractivity contribution in [3.8, 4) is 5.75 Å². The molecule has 0 bridgehead atoms. The molecule has 1 heterocycles. The van der Waals surface area contributed by atoms with Crippen LogP contribution in [-0.2, 0) is 0 Å². The zero-order valence-corrected chi connectivity index (χ0v) is 13.6. The van der Waals surface area contributed by atoms with Crippen molar-refractivity contribution in [2.45, 2.75) is 32.6 Å². The number of halogens is 1. The summed E-state index contributed by atoms with van der Waals surface area (Å²) in [6.45, 7) is 8.42. The summed E-state index contributed by atoms with van der Waals surface area (Å²) >= 11 is 6.21. The summed E-state index contributed by atoms with van der Waals surface area (Å²) in [5.41, 5.74) is 3.76. The minimum atomic E-state index is 0.340. The summed E-state index contributed by atoms with van der Waals surface area (Å²) in [5, 5.41) is 12.5. The van der Waals surface area contributed by atoms with Crippen molar-refractivity contribution in [3.05, 3.63) is 35.4 Å². The molecule has 1 atom stereocenters. The molecule has 3 heteroatoms. The van der Waals surface area contributed by atoms with Crippen LogP contribution in [0.1, 0.15) is 43.7 Å². The van der Waals surface area contributed by atoms with Gasteiger partial charge in [0.2, 0.25) is 0 Å². The molecule has 0 saturated heterocycles. The highest BCUT2D eigenvalue weighted by molar-refractivity contribution is 6.18. The quantitative estimate of drug-likeness (QED) is 0.821. The maximum Gasteiger partial charge on any atom is 0.125 e. The molecule has 2 aromatic rings. The molecule has 2 nitrogen and oxygen atoms in total. The van der Waals surface area contributed by atoms with Crippen molar-refractivity contribution < 1.29 is 5.11 Å². The molecule has 3 rings (SSSR count). The van der Waals surface area contributed by atoms with Gasteiger partial charge in [-0.05, 0) is 29.4 Å². The van der Waals surface area contributed by atoms with Gasteiger partial charge < -0.3 is 10.0 Å². The first kappa shape index (κ1) is 14.5. The highest BCUT2D eigenvalue weighted by Crippen LogP contribution is 2.45. The summed E-state index contributed by atoms with van der Waals surface area (Å²) in [5.74, 6) is 1.81. The number of alkyl halides is 1. The van der Waals surface area contributed by atoms with Gasteiger partial charge in [0.25, 0.3) is 0 Å². The fourth-order valence-corrected chi connectivity index (χ4v) is 3.61. The summed E-state index contributed by atoms with van der Waals surface area (Å²) in [6, 6.07) is 8.29. The Balaban J connectivity index is 2.31. The van der Waals surface area contributed by atoms with Gasteiger partial charge in [-0.3, -0.25) is 0 Å². The molecule has 1 aliphatic rings. The van der Waals surface area contributed by atoms with E-state index in [4.69, 9.17) is 11.6 Å². The molecule has 0 unspecified atom stereocenters. The predicted octanol–water partition coefficient (Wildman–Crippen LogP) is 4.83. The Morgan fingerprint density at radius 1 is 1.29 bits per heavy atom. The van der Waals surface area contributed by atoms with E-state index < -0.39 is 0 Å². The largest absolute Gasteiger partial charge is 0.507 e. The summed E-state index contributed by atoms with van der Waals surface area (Å²) < 4.78 is 0. The van der Waals surface area contributed by atoms with Gasteiger partial charge in [-0.25, -0.2) is 0 Å². The van der Waals surface area contributed by atoms with E-state index in [9.17, 15) is 5.11 Å². The Bertz CT molecular complexity index is 680. The lowest BCUT2D eigenvalue weighted by Gasteiger charge is -2.18. The number of hydrogen-bond donors (Lipinski definition) is 1. The van der Waals surface area contributed by atoms with Crippen molar-refractivity contribution >= 4 is 28.1 Å². The van der Waals surface area contributed by atoms with Crippen LogP contribution in [0.2, 0.25) is 0 Å². The number of benzene rings is 2. The van der Waals surface area contributed by atoms with Crippen LogP contribution in [0.15, 0.2) is 24.3 Å². The first-order valence-corrected chi connectivity index (χ1v) is 8.20. The van der Waals surface area contributed by atoms with Crippen LogP contribution in [0, 0.1) is 0 Å². The van der Waals surface area contributed by atoms with E-state index in [2.05, 4.69) is 37.8 Å². The van der Waals surface area contributed by atoms with Gasteiger partial charge in [-0.2, -0.15) is 0 Å². The van der Waals surface area contributed by atoms with Crippen LogP contribution in [0.4, 0.5) is 5.69 Å². The molecule has 112 valence electrons. The molecule has 1 aliphatic heterocycles. The maximum atomic E-state index is 10.4. The van der Waals surface area contributed by atoms with Gasteiger partial charge in [0.1, 0.15) is 5.75 Å². The maximum absolute atomic E-state index is 10.4. The molecule has 2 aromatic carbocycles. The average Bonchev–Trinajstić information content (AvgIpc) is 2.84. The van der Waals surface area contributed by atoms with E-state index in [1.165, 1.54) is 11.1 Å². The number of nitrogens with zero attached hydrogens (tertiary/aromatic N) is 1. The average molecular weight is 304 g/mol. The number of hydrogen-bond acceptors (Lipinski definition) is 2. The minimum Gasteiger partial charge on any atom is -0.507 e. The Hall–Kier alpha value is -1.41. The summed E-state index contributed by atoms with van der Waals surface area (Å²) in [4.78, 5) is 2.31. The molecule has 0 aliphatic carbocycles. The summed E-state index contributed by atoms with van der Waals surface area (Å²) in [7, 11) is 0. The third-order valence-corrected chi connectivity index (χ3v) is 4.96. The number of rotatable bonds is 3. The van der Waals surface area contributed by atoms with E-state index in [0.717, 1.165) is 29.5 Å². The van der Waals surface area contributed by atoms with Gasteiger partial charge in [-0.15, -0.1) is 11.6 Å². The van der Waals surface area contributed by atoms with Crippen LogP contribution in [0.3, 0.4) is 0 Å². The van der Waals surface area contributed by atoms with Gasteiger partial charge in [0.15, 0.2) is 0 Å². The van der Waals surface area contributed by atoms with Crippen molar-refractivity contribution in [1.82, 2.24) is 0 Å². The lowest BCUT2D eigenvalue weighted by Crippen LogP contribution is -2.21. The summed E-state index contributed by atoms with van der Waals surface area (Å²) in [6.07, 6.45) is 0. The number of phenolic OH excluding ortho intramolecular Hbond substituents is 1. The monoisotopic (exact) mass is 303 g/mol. The topological polar surface area (TPSA) is 23.5 Å². The SMILES string of the molecule is CCN1C[C@@H](CCl)c2c1cc(O)c1ccc(C(C)C)cc21. The van der Waals surface area contributed by atoms with Gasteiger partial charge in [0, 0.05) is 42.0 Å². The third-order valence-electron chi connectivity index (χ3n) is 4.58. The first-order valence-electron chi connectivity index (χ1n) is 7.67. The lowest BCUT2D eigenvalue weighted by atomic mass is 9.92. The number of aromatic hydroxyl groups is 1. The zero-order chi connectivity index (χ0) is 15.1. The number of likely N-dealkylation sites (N-methyl/N-ethyl adjacent to an activating group) is 1. The zero-order valence-electron chi connectivity index (χ0n) is 12.9. The fourth-order valence-electron chi connectivity index (χ4n) is 3.36. The molecule has 0 aromatic heterocycles. The number of fused-ring (bicyclic) bond motifs is 3. The Labute approximate surface area is 131 Å². The van der Waals surface area contributed by atoms with Gasteiger partial charge in [-0.1, -0.05) is 32.0 Å². The molecular formula is C18H22ClNO. The third kappa shape index (κ3) is 2.26.